The van der Waals surface area contributed by atoms with Gasteiger partial charge in [-0.05, 0) is 47.0 Å². The Balaban J connectivity index is 1.56. The van der Waals surface area contributed by atoms with E-state index in [4.69, 9.17) is 21.1 Å². The first-order valence-electron chi connectivity index (χ1n) is 9.05. The number of nitrogens with one attached hydrogen (secondary N) is 1. The fourth-order valence-corrected chi connectivity index (χ4v) is 2.75. The summed E-state index contributed by atoms with van der Waals surface area (Å²) in [6, 6.07) is 22.5. The standard InChI is InChI=1S/C23H21ClN2O3/c1-28-22-13-19(9-12-21(22)29-16-18-5-3-2-4-6-18)15-25-26-23(27)14-17-7-10-20(24)11-8-17/h2-13,15H,14,16H2,1H3,(H,26,27)/b25-15-. The molecule has 0 bridgehead atoms. The molecule has 5 nitrogen and oxygen atoms in total. The second-order valence-electron chi connectivity index (χ2n) is 6.28. The van der Waals surface area contributed by atoms with Crippen LogP contribution in [-0.2, 0) is 17.8 Å². The Labute approximate surface area is 174 Å². The summed E-state index contributed by atoms with van der Waals surface area (Å²) in [7, 11) is 1.58. The molecule has 0 radical (unpaired) electrons. The van der Waals surface area contributed by atoms with E-state index in [2.05, 4.69) is 10.5 Å². The number of rotatable bonds is 8. The Morgan fingerprint density at radius 2 is 1.76 bits per heavy atom. The Bertz CT molecular complexity index is 973. The van der Waals surface area contributed by atoms with Gasteiger partial charge in [-0.3, -0.25) is 4.79 Å². The van der Waals surface area contributed by atoms with Crippen molar-refractivity contribution >= 4 is 23.7 Å². The largest absolute Gasteiger partial charge is 0.493 e. The van der Waals surface area contributed by atoms with Crippen LogP contribution in [-0.4, -0.2) is 19.2 Å². The maximum absolute atomic E-state index is 12.0. The zero-order valence-electron chi connectivity index (χ0n) is 16.0. The first-order valence-corrected chi connectivity index (χ1v) is 9.43. The molecule has 3 aromatic rings. The Hall–Kier alpha value is -3.31. The van der Waals surface area contributed by atoms with Gasteiger partial charge < -0.3 is 9.47 Å². The second-order valence-corrected chi connectivity index (χ2v) is 6.72. The molecule has 1 N–H and O–H groups in total. The van der Waals surface area contributed by atoms with Gasteiger partial charge in [0.25, 0.3) is 0 Å². The number of carbonyl (C=O) groups is 1. The zero-order chi connectivity index (χ0) is 20.5. The molecule has 148 valence electrons. The average Bonchev–Trinajstić information content (AvgIpc) is 2.75. The van der Waals surface area contributed by atoms with Crippen LogP contribution < -0.4 is 14.9 Å². The van der Waals surface area contributed by atoms with Gasteiger partial charge >= 0.3 is 0 Å². The van der Waals surface area contributed by atoms with Crippen LogP contribution in [0.3, 0.4) is 0 Å². The summed E-state index contributed by atoms with van der Waals surface area (Å²) in [6.07, 6.45) is 1.79. The highest BCUT2D eigenvalue weighted by molar-refractivity contribution is 6.30. The highest BCUT2D eigenvalue weighted by Crippen LogP contribution is 2.28. The van der Waals surface area contributed by atoms with Crippen molar-refractivity contribution in [3.05, 3.63) is 94.5 Å². The van der Waals surface area contributed by atoms with Gasteiger partial charge in [-0.25, -0.2) is 5.43 Å². The molecule has 0 aliphatic rings. The molecule has 0 heterocycles. The van der Waals surface area contributed by atoms with E-state index in [1.54, 1.807) is 31.5 Å². The number of methoxy groups -OCH3 is 1. The van der Waals surface area contributed by atoms with E-state index in [-0.39, 0.29) is 12.3 Å². The molecule has 0 aliphatic heterocycles. The molecular formula is C23H21ClN2O3. The number of carbonyl (C=O) groups excluding carboxylic acids is 1. The minimum atomic E-state index is -0.210. The molecule has 0 saturated heterocycles. The van der Waals surface area contributed by atoms with Crippen LogP contribution in [0.4, 0.5) is 0 Å². The zero-order valence-corrected chi connectivity index (χ0v) is 16.7. The number of ether oxygens (including phenoxy) is 2. The van der Waals surface area contributed by atoms with Gasteiger partial charge in [0, 0.05) is 5.02 Å². The smallest absolute Gasteiger partial charge is 0.244 e. The third kappa shape index (κ3) is 6.36. The van der Waals surface area contributed by atoms with Crippen LogP contribution in [0, 0.1) is 0 Å². The van der Waals surface area contributed by atoms with E-state index >= 15 is 0 Å². The number of nitrogens with zero attached hydrogens (tertiary/aromatic N) is 1. The van der Waals surface area contributed by atoms with Crippen molar-refractivity contribution in [2.45, 2.75) is 13.0 Å². The maximum atomic E-state index is 12.0. The van der Waals surface area contributed by atoms with Crippen molar-refractivity contribution < 1.29 is 14.3 Å². The minimum Gasteiger partial charge on any atom is -0.493 e. The van der Waals surface area contributed by atoms with Crippen molar-refractivity contribution in [1.29, 1.82) is 0 Å². The van der Waals surface area contributed by atoms with Gasteiger partial charge in [0.1, 0.15) is 6.61 Å². The molecule has 3 aromatic carbocycles. The summed E-state index contributed by atoms with van der Waals surface area (Å²) < 4.78 is 11.2. The number of benzene rings is 3. The molecule has 3 rings (SSSR count). The third-order valence-electron chi connectivity index (χ3n) is 4.11. The highest BCUT2D eigenvalue weighted by Gasteiger charge is 2.06. The number of hydrazone groups is 1. The predicted molar refractivity (Wildman–Crippen MR) is 115 cm³/mol. The van der Waals surface area contributed by atoms with Crippen molar-refractivity contribution in [2.75, 3.05) is 7.11 Å². The maximum Gasteiger partial charge on any atom is 0.244 e. The molecule has 0 saturated carbocycles. The van der Waals surface area contributed by atoms with Crippen molar-refractivity contribution in [2.24, 2.45) is 5.10 Å². The normalized spacial score (nSPS) is 10.7. The lowest BCUT2D eigenvalue weighted by Gasteiger charge is -2.11. The lowest BCUT2D eigenvalue weighted by molar-refractivity contribution is -0.120. The lowest BCUT2D eigenvalue weighted by Crippen LogP contribution is -2.19. The Kier molecular flexibility index (Phi) is 7.25. The third-order valence-corrected chi connectivity index (χ3v) is 4.36. The molecule has 0 atom stereocenters. The van der Waals surface area contributed by atoms with Gasteiger partial charge in [0.2, 0.25) is 5.91 Å². The summed E-state index contributed by atoms with van der Waals surface area (Å²) in [4.78, 5) is 12.0. The predicted octanol–water partition coefficient (Wildman–Crippen LogP) is 4.62. The first-order chi connectivity index (χ1) is 14.1. The molecule has 0 aliphatic carbocycles. The van der Waals surface area contributed by atoms with Gasteiger partial charge in [-0.1, -0.05) is 54.1 Å². The molecule has 29 heavy (non-hydrogen) atoms. The summed E-state index contributed by atoms with van der Waals surface area (Å²) in [5.41, 5.74) is 5.23. The van der Waals surface area contributed by atoms with E-state index in [1.165, 1.54) is 0 Å². The average molecular weight is 409 g/mol. The molecular weight excluding hydrogens is 388 g/mol. The van der Waals surface area contributed by atoms with E-state index in [1.807, 2.05) is 54.6 Å². The number of halogens is 1. The van der Waals surface area contributed by atoms with Crippen LogP contribution in [0.2, 0.25) is 5.02 Å². The lowest BCUT2D eigenvalue weighted by atomic mass is 10.1. The van der Waals surface area contributed by atoms with E-state index in [0.29, 0.717) is 23.1 Å². The van der Waals surface area contributed by atoms with Crippen LogP contribution in [0.15, 0.2) is 77.9 Å². The molecule has 0 spiro atoms. The Morgan fingerprint density at radius 3 is 2.48 bits per heavy atom. The van der Waals surface area contributed by atoms with E-state index in [0.717, 1.165) is 16.7 Å². The summed E-state index contributed by atoms with van der Waals surface area (Å²) in [6.45, 7) is 0.450. The number of hydrogen-bond acceptors (Lipinski definition) is 4. The van der Waals surface area contributed by atoms with Crippen molar-refractivity contribution in [3.63, 3.8) is 0 Å². The van der Waals surface area contributed by atoms with Crippen LogP contribution in [0.25, 0.3) is 0 Å². The van der Waals surface area contributed by atoms with Crippen LogP contribution >= 0.6 is 11.6 Å². The number of amides is 1. The summed E-state index contributed by atoms with van der Waals surface area (Å²) in [5.74, 6) is 1.02. The van der Waals surface area contributed by atoms with E-state index < -0.39 is 0 Å². The van der Waals surface area contributed by atoms with E-state index in [9.17, 15) is 4.79 Å². The van der Waals surface area contributed by atoms with Gasteiger partial charge in [-0.2, -0.15) is 5.10 Å². The van der Waals surface area contributed by atoms with Gasteiger partial charge in [-0.15, -0.1) is 0 Å². The number of hydrogen-bond donors (Lipinski definition) is 1. The fraction of sp³-hybridized carbons (Fsp3) is 0.130. The SMILES string of the molecule is COc1cc(/C=N\NC(=O)Cc2ccc(Cl)cc2)ccc1OCc1ccccc1. The topological polar surface area (TPSA) is 59.9 Å². The summed E-state index contributed by atoms with van der Waals surface area (Å²) in [5, 5.41) is 4.64. The first kappa shape index (κ1) is 20.4. The quantitative estimate of drug-likeness (QED) is 0.437. The van der Waals surface area contributed by atoms with Gasteiger partial charge in [0.15, 0.2) is 11.5 Å². The second kappa shape index (κ2) is 10.3. The highest BCUT2D eigenvalue weighted by atomic mass is 35.5. The summed E-state index contributed by atoms with van der Waals surface area (Å²) >= 11 is 5.84. The molecule has 1 amide bonds. The van der Waals surface area contributed by atoms with Crippen molar-refractivity contribution in [1.82, 2.24) is 5.43 Å². The van der Waals surface area contributed by atoms with Crippen molar-refractivity contribution in [3.8, 4) is 11.5 Å². The monoisotopic (exact) mass is 408 g/mol. The molecule has 6 heteroatoms. The molecule has 0 unspecified atom stereocenters. The Morgan fingerprint density at radius 1 is 1.00 bits per heavy atom. The van der Waals surface area contributed by atoms with Crippen LogP contribution in [0.1, 0.15) is 16.7 Å². The molecule has 0 fully saturated rings. The minimum absolute atomic E-state index is 0.210. The van der Waals surface area contributed by atoms with Gasteiger partial charge in [0.05, 0.1) is 19.7 Å². The fourth-order valence-electron chi connectivity index (χ4n) is 2.63. The molecule has 0 aromatic heterocycles. The van der Waals surface area contributed by atoms with Crippen LogP contribution in [0.5, 0.6) is 11.5 Å².